The van der Waals surface area contributed by atoms with Crippen LogP contribution in [0.25, 0.3) is 5.82 Å². The van der Waals surface area contributed by atoms with Crippen LogP contribution in [-0.4, -0.2) is 27.2 Å². The quantitative estimate of drug-likeness (QED) is 0.617. The summed E-state index contributed by atoms with van der Waals surface area (Å²) in [7, 11) is 0. The second-order valence-electron chi connectivity index (χ2n) is 7.44. The van der Waals surface area contributed by atoms with Crippen LogP contribution in [0.15, 0.2) is 48.7 Å². The molecular weight excluding hydrogens is 362 g/mol. The van der Waals surface area contributed by atoms with Crippen molar-refractivity contribution in [3.05, 3.63) is 76.7 Å². The maximum atomic E-state index is 10.9. The van der Waals surface area contributed by atoms with Gasteiger partial charge in [0, 0.05) is 37.9 Å². The smallest absolute Gasteiger partial charge is 0.216 e. The van der Waals surface area contributed by atoms with Gasteiger partial charge in [-0.25, -0.2) is 9.67 Å². The van der Waals surface area contributed by atoms with E-state index in [4.69, 9.17) is 0 Å². The van der Waals surface area contributed by atoms with Gasteiger partial charge in [-0.05, 0) is 56.0 Å². The Kier molecular flexibility index (Phi) is 6.77. The third-order valence-electron chi connectivity index (χ3n) is 4.92. The molecule has 1 amide bonds. The SMILES string of the molecule is CC(=O)NCCc1ccc([C@H](C)NCc2ccc(-n3nc(C)cc3C)nc2)cc1. The van der Waals surface area contributed by atoms with Gasteiger partial charge in [0.15, 0.2) is 5.82 Å². The number of carbonyl (C=O) groups is 1. The van der Waals surface area contributed by atoms with Crippen LogP contribution in [-0.2, 0) is 17.8 Å². The van der Waals surface area contributed by atoms with Crippen molar-refractivity contribution in [3.63, 3.8) is 0 Å². The molecule has 0 bridgehead atoms. The molecule has 0 radical (unpaired) electrons. The Morgan fingerprint density at radius 1 is 1.10 bits per heavy atom. The Balaban J connectivity index is 1.53. The minimum absolute atomic E-state index is 0.0110. The third-order valence-corrected chi connectivity index (χ3v) is 4.92. The number of carbonyl (C=O) groups excluding carboxylic acids is 1. The zero-order valence-corrected chi connectivity index (χ0v) is 17.6. The van der Waals surface area contributed by atoms with Crippen molar-refractivity contribution in [2.45, 2.75) is 46.7 Å². The van der Waals surface area contributed by atoms with Crippen molar-refractivity contribution in [2.24, 2.45) is 0 Å². The molecule has 0 aliphatic carbocycles. The summed E-state index contributed by atoms with van der Waals surface area (Å²) < 4.78 is 1.86. The first-order valence-corrected chi connectivity index (χ1v) is 9.97. The molecule has 3 aromatic rings. The zero-order chi connectivity index (χ0) is 20.8. The molecule has 0 unspecified atom stereocenters. The monoisotopic (exact) mass is 391 g/mol. The first-order valence-electron chi connectivity index (χ1n) is 9.97. The molecule has 1 aromatic carbocycles. The number of benzene rings is 1. The molecule has 0 aliphatic rings. The molecule has 6 heteroatoms. The number of pyridine rings is 1. The molecule has 0 aliphatic heterocycles. The van der Waals surface area contributed by atoms with Crippen LogP contribution in [0.4, 0.5) is 0 Å². The summed E-state index contributed by atoms with van der Waals surface area (Å²) in [5.74, 6) is 0.846. The lowest BCUT2D eigenvalue weighted by molar-refractivity contribution is -0.118. The van der Waals surface area contributed by atoms with Gasteiger partial charge < -0.3 is 10.6 Å². The summed E-state index contributed by atoms with van der Waals surface area (Å²) >= 11 is 0. The fraction of sp³-hybridized carbons (Fsp3) is 0.348. The fourth-order valence-electron chi connectivity index (χ4n) is 3.25. The lowest BCUT2D eigenvalue weighted by atomic mass is 10.0. The van der Waals surface area contributed by atoms with Gasteiger partial charge in [-0.15, -0.1) is 0 Å². The van der Waals surface area contributed by atoms with Gasteiger partial charge in [-0.2, -0.15) is 5.10 Å². The highest BCUT2D eigenvalue weighted by atomic mass is 16.1. The highest BCUT2D eigenvalue weighted by Crippen LogP contribution is 2.15. The molecule has 0 saturated heterocycles. The van der Waals surface area contributed by atoms with Crippen LogP contribution in [0.5, 0.6) is 0 Å². The Labute approximate surface area is 172 Å². The molecule has 0 fully saturated rings. The third kappa shape index (κ3) is 5.74. The van der Waals surface area contributed by atoms with E-state index in [1.807, 2.05) is 36.9 Å². The highest BCUT2D eigenvalue weighted by molar-refractivity contribution is 5.72. The van der Waals surface area contributed by atoms with E-state index in [2.05, 4.69) is 58.0 Å². The second kappa shape index (κ2) is 9.47. The Hall–Kier alpha value is -2.99. The number of rotatable bonds is 8. The number of hydrogen-bond acceptors (Lipinski definition) is 4. The van der Waals surface area contributed by atoms with Crippen LogP contribution >= 0.6 is 0 Å². The predicted molar refractivity (Wildman–Crippen MR) is 115 cm³/mol. The van der Waals surface area contributed by atoms with Crippen molar-refractivity contribution < 1.29 is 4.79 Å². The Morgan fingerprint density at radius 2 is 1.83 bits per heavy atom. The zero-order valence-electron chi connectivity index (χ0n) is 17.6. The van der Waals surface area contributed by atoms with Crippen LogP contribution in [0, 0.1) is 13.8 Å². The number of nitrogens with one attached hydrogen (secondary N) is 2. The number of aromatic nitrogens is 3. The van der Waals surface area contributed by atoms with Crippen LogP contribution in [0.3, 0.4) is 0 Å². The van der Waals surface area contributed by atoms with Gasteiger partial charge >= 0.3 is 0 Å². The molecule has 0 spiro atoms. The maximum absolute atomic E-state index is 10.9. The van der Waals surface area contributed by atoms with Gasteiger partial charge in [0.1, 0.15) is 0 Å². The minimum atomic E-state index is 0.0110. The normalized spacial score (nSPS) is 12.0. The number of nitrogens with zero attached hydrogens (tertiary/aromatic N) is 3. The van der Waals surface area contributed by atoms with E-state index < -0.39 is 0 Å². The van der Waals surface area contributed by atoms with Gasteiger partial charge in [0.25, 0.3) is 0 Å². The highest BCUT2D eigenvalue weighted by Gasteiger charge is 2.07. The van der Waals surface area contributed by atoms with Crippen molar-refractivity contribution in [1.29, 1.82) is 0 Å². The molecule has 1 atom stereocenters. The molecule has 152 valence electrons. The minimum Gasteiger partial charge on any atom is -0.356 e. The lowest BCUT2D eigenvalue weighted by Crippen LogP contribution is -2.22. The van der Waals surface area contributed by atoms with Gasteiger partial charge in [-0.3, -0.25) is 4.79 Å². The van der Waals surface area contributed by atoms with E-state index in [9.17, 15) is 4.79 Å². The van der Waals surface area contributed by atoms with E-state index >= 15 is 0 Å². The lowest BCUT2D eigenvalue weighted by Gasteiger charge is -2.15. The summed E-state index contributed by atoms with van der Waals surface area (Å²) in [5.41, 5.74) is 5.66. The van der Waals surface area contributed by atoms with Crippen molar-refractivity contribution in [1.82, 2.24) is 25.4 Å². The molecule has 2 heterocycles. The Morgan fingerprint density at radius 3 is 2.41 bits per heavy atom. The molecule has 29 heavy (non-hydrogen) atoms. The molecule has 2 aromatic heterocycles. The van der Waals surface area contributed by atoms with E-state index in [0.717, 1.165) is 35.7 Å². The molecular formula is C23H29N5O. The first-order chi connectivity index (χ1) is 13.9. The summed E-state index contributed by atoms with van der Waals surface area (Å²) in [6, 6.07) is 14.9. The molecule has 6 nitrogen and oxygen atoms in total. The number of hydrogen-bond donors (Lipinski definition) is 2. The molecule has 0 saturated carbocycles. The first kappa shape index (κ1) is 20.7. The second-order valence-corrected chi connectivity index (χ2v) is 7.44. The summed E-state index contributed by atoms with van der Waals surface area (Å²) in [6.45, 7) is 9.13. The average Bonchev–Trinajstić information content (AvgIpc) is 3.05. The van der Waals surface area contributed by atoms with Gasteiger partial charge in [0.2, 0.25) is 5.91 Å². The van der Waals surface area contributed by atoms with Gasteiger partial charge in [0.05, 0.1) is 5.69 Å². The van der Waals surface area contributed by atoms with Crippen LogP contribution in [0.2, 0.25) is 0 Å². The summed E-state index contributed by atoms with van der Waals surface area (Å²) in [6.07, 6.45) is 2.74. The number of aryl methyl sites for hydroxylation is 2. The summed E-state index contributed by atoms with van der Waals surface area (Å²) in [5, 5.41) is 10.8. The topological polar surface area (TPSA) is 71.8 Å². The van der Waals surface area contributed by atoms with E-state index in [0.29, 0.717) is 6.54 Å². The largest absolute Gasteiger partial charge is 0.356 e. The Bertz CT molecular complexity index is 944. The predicted octanol–water partition coefficient (Wildman–Crippen LogP) is 3.41. The molecule has 2 N–H and O–H groups in total. The maximum Gasteiger partial charge on any atom is 0.216 e. The van der Waals surface area contributed by atoms with Crippen LogP contribution in [0.1, 0.15) is 48.0 Å². The summed E-state index contributed by atoms with van der Waals surface area (Å²) in [4.78, 5) is 15.5. The van der Waals surface area contributed by atoms with Crippen molar-refractivity contribution in [3.8, 4) is 5.82 Å². The van der Waals surface area contributed by atoms with Crippen LogP contribution < -0.4 is 10.6 Å². The molecule has 3 rings (SSSR count). The fourth-order valence-corrected chi connectivity index (χ4v) is 3.25. The standard InChI is InChI=1S/C23H29N5O/c1-16-13-17(2)28(27-16)23-10-7-21(15-26-23)14-25-18(3)22-8-5-20(6-9-22)11-12-24-19(4)29/h5-10,13,15,18,25H,11-12,14H2,1-4H3,(H,24,29)/t18-/m0/s1. The van der Waals surface area contributed by atoms with E-state index in [-0.39, 0.29) is 11.9 Å². The van der Waals surface area contributed by atoms with E-state index in [1.165, 1.54) is 11.1 Å². The average molecular weight is 392 g/mol. The number of amides is 1. The van der Waals surface area contributed by atoms with E-state index in [1.54, 1.807) is 6.92 Å². The van der Waals surface area contributed by atoms with Gasteiger partial charge in [-0.1, -0.05) is 30.3 Å². The van der Waals surface area contributed by atoms with Crippen molar-refractivity contribution >= 4 is 5.91 Å². The van der Waals surface area contributed by atoms with Crippen molar-refractivity contribution in [2.75, 3.05) is 6.54 Å².